The molecule has 3 rings (SSSR count). The lowest BCUT2D eigenvalue weighted by Gasteiger charge is -2.33. The number of nitrogens with zero attached hydrogens (tertiary/aromatic N) is 1. The quantitative estimate of drug-likeness (QED) is 0.787. The maximum atomic E-state index is 12.7. The molecule has 1 spiro atoms. The number of amides is 4. The molecule has 1 heterocycles. The lowest BCUT2D eigenvalue weighted by atomic mass is 9.77. The molecule has 1 aliphatic heterocycles. The first-order chi connectivity index (χ1) is 11.8. The fourth-order valence-electron chi connectivity index (χ4n) is 3.32. The van der Waals surface area contributed by atoms with Gasteiger partial charge in [-0.2, -0.15) is 5.01 Å². The first-order valence-corrected chi connectivity index (χ1v) is 8.96. The third-order valence-corrected chi connectivity index (χ3v) is 5.48. The van der Waals surface area contributed by atoms with E-state index in [0.29, 0.717) is 34.4 Å². The van der Waals surface area contributed by atoms with Crippen molar-refractivity contribution in [3.63, 3.8) is 0 Å². The van der Waals surface area contributed by atoms with Crippen molar-refractivity contribution in [2.24, 2.45) is 5.92 Å². The van der Waals surface area contributed by atoms with Crippen LogP contribution in [-0.4, -0.2) is 28.4 Å². The van der Waals surface area contributed by atoms with Crippen LogP contribution in [0.1, 0.15) is 38.2 Å². The zero-order valence-electron chi connectivity index (χ0n) is 13.8. The number of rotatable bonds is 3. The van der Waals surface area contributed by atoms with Crippen molar-refractivity contribution in [2.75, 3.05) is 0 Å². The van der Waals surface area contributed by atoms with Crippen molar-refractivity contribution in [2.45, 2.75) is 44.6 Å². The average molecular weight is 384 g/mol. The second-order valence-corrected chi connectivity index (χ2v) is 7.63. The van der Waals surface area contributed by atoms with Crippen LogP contribution in [0.2, 0.25) is 10.0 Å². The molecule has 8 heteroatoms. The van der Waals surface area contributed by atoms with Gasteiger partial charge in [0.15, 0.2) is 0 Å². The second-order valence-electron chi connectivity index (χ2n) is 6.78. The Balaban J connectivity index is 1.67. The highest BCUT2D eigenvalue weighted by molar-refractivity contribution is 6.35. The molecule has 1 saturated heterocycles. The van der Waals surface area contributed by atoms with Crippen LogP contribution in [0.3, 0.4) is 0 Å². The molecule has 1 aliphatic carbocycles. The molecule has 1 aromatic rings. The van der Waals surface area contributed by atoms with Crippen LogP contribution in [0.15, 0.2) is 18.2 Å². The van der Waals surface area contributed by atoms with E-state index in [1.54, 1.807) is 12.1 Å². The summed E-state index contributed by atoms with van der Waals surface area (Å²) in [7, 11) is 0. The molecule has 6 nitrogen and oxygen atoms in total. The van der Waals surface area contributed by atoms with Crippen LogP contribution >= 0.6 is 23.2 Å². The third kappa shape index (κ3) is 3.60. The van der Waals surface area contributed by atoms with Gasteiger partial charge in [0.25, 0.3) is 5.91 Å². The van der Waals surface area contributed by atoms with Crippen molar-refractivity contribution in [1.29, 1.82) is 0 Å². The lowest BCUT2D eigenvalue weighted by molar-refractivity contribution is -0.139. The molecule has 25 heavy (non-hydrogen) atoms. The van der Waals surface area contributed by atoms with E-state index < -0.39 is 17.5 Å². The van der Waals surface area contributed by atoms with E-state index in [2.05, 4.69) is 17.7 Å². The Morgan fingerprint density at radius 2 is 2.00 bits per heavy atom. The summed E-state index contributed by atoms with van der Waals surface area (Å²) in [5.74, 6) is -0.347. The fourth-order valence-corrected chi connectivity index (χ4v) is 3.79. The van der Waals surface area contributed by atoms with Gasteiger partial charge < -0.3 is 5.32 Å². The largest absolute Gasteiger partial charge is 0.344 e. The van der Waals surface area contributed by atoms with Crippen LogP contribution in [0.4, 0.5) is 4.79 Å². The number of imide groups is 1. The molecular formula is C17H19Cl2N3O3. The predicted molar refractivity (Wildman–Crippen MR) is 94.0 cm³/mol. The van der Waals surface area contributed by atoms with E-state index in [0.717, 1.165) is 17.9 Å². The van der Waals surface area contributed by atoms with E-state index in [4.69, 9.17) is 23.2 Å². The summed E-state index contributed by atoms with van der Waals surface area (Å²) in [4.78, 5) is 37.1. The maximum Gasteiger partial charge on any atom is 0.344 e. The summed E-state index contributed by atoms with van der Waals surface area (Å²) in [5.41, 5.74) is 2.08. The molecule has 2 aliphatic rings. The number of nitrogens with one attached hydrogen (secondary N) is 2. The summed E-state index contributed by atoms with van der Waals surface area (Å²) in [6.45, 7) is 2.13. The Hall–Kier alpha value is -1.79. The summed E-state index contributed by atoms with van der Waals surface area (Å²) >= 11 is 11.9. The molecule has 4 amide bonds. The van der Waals surface area contributed by atoms with Crippen molar-refractivity contribution in [3.05, 3.63) is 33.8 Å². The van der Waals surface area contributed by atoms with Gasteiger partial charge in [0.05, 0.1) is 6.42 Å². The highest BCUT2D eigenvalue weighted by atomic mass is 35.5. The molecule has 134 valence electrons. The maximum absolute atomic E-state index is 12.7. The van der Waals surface area contributed by atoms with Gasteiger partial charge in [-0.25, -0.2) is 4.79 Å². The molecule has 1 saturated carbocycles. The van der Waals surface area contributed by atoms with Crippen LogP contribution in [0.5, 0.6) is 0 Å². The van der Waals surface area contributed by atoms with Gasteiger partial charge in [-0.15, -0.1) is 0 Å². The summed E-state index contributed by atoms with van der Waals surface area (Å²) < 4.78 is 0. The number of carbonyl (C=O) groups is 3. The van der Waals surface area contributed by atoms with Gasteiger partial charge in [0.2, 0.25) is 5.91 Å². The number of hydrazine groups is 1. The van der Waals surface area contributed by atoms with Gasteiger partial charge in [0.1, 0.15) is 5.54 Å². The Bertz CT molecular complexity index is 730. The van der Waals surface area contributed by atoms with E-state index in [1.165, 1.54) is 6.07 Å². The Kier molecular flexibility index (Phi) is 4.93. The molecule has 1 aromatic carbocycles. The normalized spacial score (nSPS) is 26.0. The lowest BCUT2D eigenvalue weighted by Crippen LogP contribution is -2.51. The number of halogens is 2. The summed E-state index contributed by atoms with van der Waals surface area (Å²) in [6, 6.07) is 4.22. The van der Waals surface area contributed by atoms with E-state index in [1.807, 2.05) is 0 Å². The molecule has 2 N–H and O–H groups in total. The number of hydrogen-bond acceptors (Lipinski definition) is 3. The van der Waals surface area contributed by atoms with Crippen LogP contribution in [0, 0.1) is 5.92 Å². The number of urea groups is 1. The molecular weight excluding hydrogens is 365 g/mol. The molecule has 0 atom stereocenters. The highest BCUT2D eigenvalue weighted by Crippen LogP contribution is 2.35. The zero-order valence-corrected chi connectivity index (χ0v) is 15.3. The molecule has 0 unspecified atom stereocenters. The Morgan fingerprint density at radius 3 is 2.64 bits per heavy atom. The zero-order chi connectivity index (χ0) is 18.2. The first kappa shape index (κ1) is 18.0. The first-order valence-electron chi connectivity index (χ1n) is 8.21. The highest BCUT2D eigenvalue weighted by Gasteiger charge is 2.52. The van der Waals surface area contributed by atoms with Crippen molar-refractivity contribution < 1.29 is 14.4 Å². The van der Waals surface area contributed by atoms with Gasteiger partial charge in [-0.3, -0.25) is 15.0 Å². The fraction of sp³-hybridized carbons (Fsp3) is 0.471. The smallest absolute Gasteiger partial charge is 0.322 e. The third-order valence-electron chi connectivity index (χ3n) is 4.89. The van der Waals surface area contributed by atoms with Crippen LogP contribution in [-0.2, 0) is 16.0 Å². The molecule has 2 fully saturated rings. The standard InChI is InChI=1S/C17H19Cl2N3O3/c1-10-4-6-17(7-5-10)15(24)22(16(25)20-17)21-14(23)8-11-2-3-12(18)9-13(11)19/h2-3,9-10H,4-8H2,1H3,(H,20,25)(H,21,23). The van der Waals surface area contributed by atoms with Crippen molar-refractivity contribution in [3.8, 4) is 0 Å². The van der Waals surface area contributed by atoms with Crippen LogP contribution in [0.25, 0.3) is 0 Å². The van der Waals surface area contributed by atoms with E-state index in [-0.39, 0.29) is 12.3 Å². The topological polar surface area (TPSA) is 78.5 Å². The summed E-state index contributed by atoms with van der Waals surface area (Å²) in [6.07, 6.45) is 2.86. The number of benzene rings is 1. The van der Waals surface area contributed by atoms with Crippen LogP contribution < -0.4 is 10.7 Å². The minimum atomic E-state index is -0.880. The van der Waals surface area contributed by atoms with Gasteiger partial charge in [-0.05, 0) is 49.3 Å². The molecule has 0 aromatic heterocycles. The summed E-state index contributed by atoms with van der Waals surface area (Å²) in [5, 5.41) is 4.38. The van der Waals surface area contributed by atoms with Crippen molar-refractivity contribution in [1.82, 2.24) is 15.8 Å². The van der Waals surface area contributed by atoms with E-state index in [9.17, 15) is 14.4 Å². The molecule has 0 radical (unpaired) electrons. The van der Waals surface area contributed by atoms with Gasteiger partial charge >= 0.3 is 6.03 Å². The average Bonchev–Trinajstić information content (AvgIpc) is 2.78. The second kappa shape index (κ2) is 6.84. The number of hydrogen-bond donors (Lipinski definition) is 2. The molecule has 0 bridgehead atoms. The SMILES string of the molecule is CC1CCC2(CC1)NC(=O)N(NC(=O)Cc1ccc(Cl)cc1Cl)C2=O. The van der Waals surface area contributed by atoms with E-state index >= 15 is 0 Å². The monoisotopic (exact) mass is 383 g/mol. The minimum absolute atomic E-state index is 0.0584. The minimum Gasteiger partial charge on any atom is -0.322 e. The predicted octanol–water partition coefficient (Wildman–Crippen LogP) is 3.07. The van der Waals surface area contributed by atoms with Crippen molar-refractivity contribution >= 4 is 41.0 Å². The number of carbonyl (C=O) groups excluding carboxylic acids is 3. The van der Waals surface area contributed by atoms with Gasteiger partial charge in [0, 0.05) is 10.0 Å². The van der Waals surface area contributed by atoms with Gasteiger partial charge in [-0.1, -0.05) is 36.2 Å². The Morgan fingerprint density at radius 1 is 1.32 bits per heavy atom. The Labute approximate surface area is 155 Å².